The number of rotatable bonds is 2. The number of aliphatic imine (C=N–C) groups is 1. The molecule has 0 bridgehead atoms. The Morgan fingerprint density at radius 3 is 2.67 bits per heavy atom. The van der Waals surface area contributed by atoms with Crippen LogP contribution in [-0.4, -0.2) is 15.8 Å². The maximum atomic E-state index is 5.71. The highest BCUT2D eigenvalue weighted by Crippen LogP contribution is 2.29. The molecule has 1 aliphatic rings. The summed E-state index contributed by atoms with van der Waals surface area (Å²) in [7, 11) is 0. The van der Waals surface area contributed by atoms with Crippen LogP contribution in [0.2, 0.25) is 0 Å². The zero-order valence-electron chi connectivity index (χ0n) is 6.64. The highest BCUT2D eigenvalue weighted by Gasteiger charge is 2.25. The van der Waals surface area contributed by atoms with Gasteiger partial charge in [-0.25, -0.2) is 15.0 Å². The quantitative estimate of drug-likeness (QED) is 0.518. The van der Waals surface area contributed by atoms with Gasteiger partial charge in [0.2, 0.25) is 0 Å². The lowest BCUT2D eigenvalue weighted by Crippen LogP contribution is -2.13. The lowest BCUT2D eigenvalue weighted by atomic mass is 10.4. The van der Waals surface area contributed by atoms with Crippen LogP contribution in [0.3, 0.4) is 0 Å². The van der Waals surface area contributed by atoms with E-state index < -0.39 is 0 Å². The van der Waals surface area contributed by atoms with Gasteiger partial charge in [-0.05, 0) is 12.8 Å². The van der Waals surface area contributed by atoms with Gasteiger partial charge in [-0.3, -0.25) is 0 Å². The van der Waals surface area contributed by atoms with E-state index in [2.05, 4.69) is 15.0 Å². The predicted octanol–water partition coefficient (Wildman–Crippen LogP) is 0.875. The minimum absolute atomic E-state index is 0.505. The summed E-state index contributed by atoms with van der Waals surface area (Å²) in [5.41, 5.74) is 6.44. The molecule has 2 N–H and O–H groups in total. The lowest BCUT2D eigenvalue weighted by molar-refractivity contribution is 1.12. The second-order valence-corrected chi connectivity index (χ2v) is 2.91. The fraction of sp³-hybridized carbons (Fsp3) is 0.375. The van der Waals surface area contributed by atoms with E-state index in [1.807, 2.05) is 0 Å². The molecule has 1 saturated carbocycles. The van der Waals surface area contributed by atoms with Gasteiger partial charge in [-0.15, -0.1) is 0 Å². The third kappa shape index (κ3) is 1.58. The van der Waals surface area contributed by atoms with Crippen molar-refractivity contribution in [3.8, 4) is 0 Å². The fourth-order valence-electron chi connectivity index (χ4n) is 0.968. The van der Waals surface area contributed by atoms with Crippen molar-refractivity contribution in [1.29, 1.82) is 0 Å². The Morgan fingerprint density at radius 1 is 1.42 bits per heavy atom. The Balaban J connectivity index is 2.15. The van der Waals surface area contributed by atoms with Gasteiger partial charge in [0.1, 0.15) is 17.9 Å². The molecule has 2 rings (SSSR count). The number of hydrogen-bond acceptors (Lipinski definition) is 3. The van der Waals surface area contributed by atoms with Crippen molar-refractivity contribution >= 4 is 11.5 Å². The molecule has 0 radical (unpaired) electrons. The van der Waals surface area contributed by atoms with Crippen LogP contribution >= 0.6 is 0 Å². The first-order valence-corrected chi connectivity index (χ1v) is 3.95. The normalized spacial score (nSPS) is 17.8. The molecule has 1 aromatic heterocycles. The molecule has 62 valence electrons. The molecule has 4 nitrogen and oxygen atoms in total. The van der Waals surface area contributed by atoms with E-state index in [0.717, 1.165) is 5.69 Å². The van der Waals surface area contributed by atoms with Gasteiger partial charge in [-0.2, -0.15) is 0 Å². The molecule has 0 saturated heterocycles. The van der Waals surface area contributed by atoms with Crippen molar-refractivity contribution in [1.82, 2.24) is 9.97 Å². The van der Waals surface area contributed by atoms with Crippen molar-refractivity contribution in [3.63, 3.8) is 0 Å². The number of amidine groups is 1. The van der Waals surface area contributed by atoms with Crippen molar-refractivity contribution in [2.75, 3.05) is 0 Å². The number of hydrogen-bond donors (Lipinski definition) is 1. The van der Waals surface area contributed by atoms with Crippen LogP contribution < -0.4 is 5.73 Å². The van der Waals surface area contributed by atoms with E-state index in [9.17, 15) is 0 Å². The third-order valence-corrected chi connectivity index (χ3v) is 1.80. The topological polar surface area (TPSA) is 64.2 Å². The number of nitrogens with two attached hydrogens (primary N) is 1. The summed E-state index contributed by atoms with van der Waals surface area (Å²) in [4.78, 5) is 11.9. The molecule has 0 aliphatic heterocycles. The Labute approximate surface area is 70.6 Å². The summed E-state index contributed by atoms with van der Waals surface area (Å²) in [6.07, 6.45) is 7.13. The molecule has 0 amide bonds. The van der Waals surface area contributed by atoms with Crippen LogP contribution in [0, 0.1) is 5.92 Å². The van der Waals surface area contributed by atoms with Crippen LogP contribution in [0.15, 0.2) is 23.7 Å². The van der Waals surface area contributed by atoms with Gasteiger partial charge in [-0.1, -0.05) is 0 Å². The smallest absolute Gasteiger partial charge is 0.115 e. The molecule has 4 heteroatoms. The molecule has 0 aromatic carbocycles. The Bertz CT molecular complexity index is 289. The third-order valence-electron chi connectivity index (χ3n) is 1.80. The SMILES string of the molecule is NC(=Nc1cncnc1)C1CC1. The minimum atomic E-state index is 0.505. The van der Waals surface area contributed by atoms with Gasteiger partial charge in [0.15, 0.2) is 0 Å². The van der Waals surface area contributed by atoms with E-state index >= 15 is 0 Å². The summed E-state index contributed by atoms with van der Waals surface area (Å²) >= 11 is 0. The Hall–Kier alpha value is -1.45. The zero-order valence-corrected chi connectivity index (χ0v) is 6.64. The van der Waals surface area contributed by atoms with Crippen LogP contribution in [0.1, 0.15) is 12.8 Å². The van der Waals surface area contributed by atoms with Crippen LogP contribution in [-0.2, 0) is 0 Å². The predicted molar refractivity (Wildman–Crippen MR) is 46.0 cm³/mol. The first-order chi connectivity index (χ1) is 5.86. The van der Waals surface area contributed by atoms with E-state index in [-0.39, 0.29) is 0 Å². The molecule has 12 heavy (non-hydrogen) atoms. The first-order valence-electron chi connectivity index (χ1n) is 3.95. The van der Waals surface area contributed by atoms with Gasteiger partial charge in [0.25, 0.3) is 0 Å². The summed E-state index contributed by atoms with van der Waals surface area (Å²) in [6, 6.07) is 0. The minimum Gasteiger partial charge on any atom is -0.387 e. The second kappa shape index (κ2) is 2.89. The number of aromatic nitrogens is 2. The fourth-order valence-corrected chi connectivity index (χ4v) is 0.968. The average molecular weight is 162 g/mol. The molecule has 0 unspecified atom stereocenters. The van der Waals surface area contributed by atoms with Crippen molar-refractivity contribution in [2.24, 2.45) is 16.6 Å². The molecule has 1 aliphatic carbocycles. The molecule has 1 heterocycles. The highest BCUT2D eigenvalue weighted by atomic mass is 14.9. The standard InChI is InChI=1S/C8H10N4/c9-8(6-1-2-6)12-7-3-10-5-11-4-7/h3-6H,1-2H2,(H2,9,12). The lowest BCUT2D eigenvalue weighted by Gasteiger charge is -1.95. The zero-order chi connectivity index (χ0) is 8.39. The Kier molecular flexibility index (Phi) is 1.74. The summed E-state index contributed by atoms with van der Waals surface area (Å²) in [5, 5.41) is 0. The monoisotopic (exact) mass is 162 g/mol. The van der Waals surface area contributed by atoms with E-state index in [1.54, 1.807) is 12.4 Å². The van der Waals surface area contributed by atoms with E-state index in [1.165, 1.54) is 19.2 Å². The Morgan fingerprint density at radius 2 is 2.08 bits per heavy atom. The van der Waals surface area contributed by atoms with Crippen LogP contribution in [0.4, 0.5) is 5.69 Å². The number of nitrogens with zero attached hydrogens (tertiary/aromatic N) is 3. The van der Waals surface area contributed by atoms with Crippen LogP contribution in [0.25, 0.3) is 0 Å². The second-order valence-electron chi connectivity index (χ2n) is 2.91. The highest BCUT2D eigenvalue weighted by molar-refractivity contribution is 5.87. The molecular formula is C8H10N4. The molecule has 0 spiro atoms. The van der Waals surface area contributed by atoms with Crippen LogP contribution in [0.5, 0.6) is 0 Å². The first kappa shape index (κ1) is 7.21. The molecular weight excluding hydrogens is 152 g/mol. The maximum absolute atomic E-state index is 5.71. The summed E-state index contributed by atoms with van der Waals surface area (Å²) < 4.78 is 0. The maximum Gasteiger partial charge on any atom is 0.115 e. The summed E-state index contributed by atoms with van der Waals surface area (Å²) in [5.74, 6) is 1.22. The van der Waals surface area contributed by atoms with Crippen molar-refractivity contribution in [3.05, 3.63) is 18.7 Å². The largest absolute Gasteiger partial charge is 0.387 e. The van der Waals surface area contributed by atoms with E-state index in [0.29, 0.717) is 11.8 Å². The van der Waals surface area contributed by atoms with Gasteiger partial charge < -0.3 is 5.73 Å². The average Bonchev–Trinajstić information content (AvgIpc) is 2.88. The van der Waals surface area contributed by atoms with Gasteiger partial charge >= 0.3 is 0 Å². The summed E-state index contributed by atoms with van der Waals surface area (Å²) in [6.45, 7) is 0. The van der Waals surface area contributed by atoms with Crippen molar-refractivity contribution in [2.45, 2.75) is 12.8 Å². The van der Waals surface area contributed by atoms with Gasteiger partial charge in [0.05, 0.1) is 12.4 Å². The molecule has 1 aromatic rings. The molecule has 1 fully saturated rings. The van der Waals surface area contributed by atoms with Crippen molar-refractivity contribution < 1.29 is 0 Å². The molecule has 0 atom stereocenters. The van der Waals surface area contributed by atoms with E-state index in [4.69, 9.17) is 5.73 Å². The van der Waals surface area contributed by atoms with Gasteiger partial charge in [0, 0.05) is 5.92 Å².